The van der Waals surface area contributed by atoms with E-state index in [1.807, 2.05) is 24.4 Å². The summed E-state index contributed by atoms with van der Waals surface area (Å²) in [4.78, 5) is 26.0. The van der Waals surface area contributed by atoms with E-state index in [1.54, 1.807) is 35.6 Å². The van der Waals surface area contributed by atoms with Gasteiger partial charge in [0.2, 0.25) is 0 Å². The van der Waals surface area contributed by atoms with Crippen LogP contribution in [0.4, 0.5) is 0 Å². The summed E-state index contributed by atoms with van der Waals surface area (Å²) >= 11 is 1.56. The molecule has 1 aliphatic heterocycles. The van der Waals surface area contributed by atoms with Gasteiger partial charge in [0.15, 0.2) is 11.5 Å². The zero-order valence-corrected chi connectivity index (χ0v) is 16.8. The number of hydrogen-bond acceptors (Lipinski definition) is 6. The van der Waals surface area contributed by atoms with Gasteiger partial charge in [-0.25, -0.2) is 4.68 Å². The minimum absolute atomic E-state index is 0.197. The Balaban J connectivity index is 1.49. The molecule has 3 aromatic rings. The summed E-state index contributed by atoms with van der Waals surface area (Å²) in [6, 6.07) is 12.0. The molecule has 2 aromatic heterocycles. The molecule has 29 heavy (non-hydrogen) atoms. The highest BCUT2D eigenvalue weighted by Gasteiger charge is 2.18. The van der Waals surface area contributed by atoms with Crippen LogP contribution in [0.25, 0.3) is 10.6 Å². The fraction of sp³-hybridized carbons (Fsp3) is 0.286. The number of benzene rings is 1. The van der Waals surface area contributed by atoms with E-state index in [9.17, 15) is 9.59 Å². The number of nitrogens with one attached hydrogen (secondary N) is 1. The van der Waals surface area contributed by atoms with Crippen LogP contribution in [0.1, 0.15) is 23.7 Å². The van der Waals surface area contributed by atoms with Gasteiger partial charge in [0.1, 0.15) is 18.9 Å². The first-order valence-electron chi connectivity index (χ1n) is 9.46. The minimum Gasteiger partial charge on any atom is -0.486 e. The molecule has 0 unspecified atom stereocenters. The average Bonchev–Trinajstić information content (AvgIpc) is 3.29. The Labute approximate surface area is 171 Å². The molecule has 3 heterocycles. The van der Waals surface area contributed by atoms with Crippen molar-refractivity contribution in [3.8, 4) is 22.1 Å². The highest BCUT2D eigenvalue weighted by molar-refractivity contribution is 7.13. The summed E-state index contributed by atoms with van der Waals surface area (Å²) in [5.74, 6) is 0.982. The van der Waals surface area contributed by atoms with Crippen LogP contribution >= 0.6 is 11.3 Å². The van der Waals surface area contributed by atoms with Gasteiger partial charge in [-0.15, -0.1) is 11.3 Å². The molecule has 4 rings (SSSR count). The smallest absolute Gasteiger partial charge is 0.266 e. The maximum Gasteiger partial charge on any atom is 0.266 e. The lowest BCUT2D eigenvalue weighted by atomic mass is 10.1. The second kappa shape index (κ2) is 8.48. The highest BCUT2D eigenvalue weighted by Crippen LogP contribution is 2.30. The molecule has 1 aromatic carbocycles. The van der Waals surface area contributed by atoms with Crippen molar-refractivity contribution in [3.05, 3.63) is 63.8 Å². The van der Waals surface area contributed by atoms with Gasteiger partial charge >= 0.3 is 0 Å². The fourth-order valence-corrected chi connectivity index (χ4v) is 3.76. The first kappa shape index (κ1) is 19.2. The molecule has 1 amide bonds. The number of hydrogen-bond donors (Lipinski definition) is 1. The van der Waals surface area contributed by atoms with Crippen LogP contribution in [0.15, 0.2) is 52.6 Å². The van der Waals surface area contributed by atoms with Crippen molar-refractivity contribution in [2.24, 2.45) is 0 Å². The van der Waals surface area contributed by atoms with Crippen molar-refractivity contribution in [3.63, 3.8) is 0 Å². The quantitative estimate of drug-likeness (QED) is 0.674. The zero-order valence-electron chi connectivity index (χ0n) is 16.0. The molecular weight excluding hydrogens is 390 g/mol. The number of ether oxygens (including phenoxy) is 2. The van der Waals surface area contributed by atoms with E-state index in [-0.39, 0.29) is 17.5 Å². The normalized spacial score (nSPS) is 13.7. The Morgan fingerprint density at radius 1 is 1.21 bits per heavy atom. The molecule has 7 nitrogen and oxygen atoms in total. The van der Waals surface area contributed by atoms with Crippen LogP contribution < -0.4 is 20.3 Å². The van der Waals surface area contributed by atoms with E-state index in [0.29, 0.717) is 43.2 Å². The van der Waals surface area contributed by atoms with Gasteiger partial charge in [-0.2, -0.15) is 5.10 Å². The minimum atomic E-state index is -0.237. The first-order valence-corrected chi connectivity index (χ1v) is 10.3. The number of rotatable bonds is 6. The average molecular weight is 411 g/mol. The molecule has 8 heteroatoms. The number of amides is 1. The van der Waals surface area contributed by atoms with Crippen molar-refractivity contribution in [2.45, 2.75) is 25.9 Å². The molecule has 0 aliphatic carbocycles. The van der Waals surface area contributed by atoms with Gasteiger partial charge in [0.25, 0.3) is 11.5 Å². The third kappa shape index (κ3) is 4.32. The second-order valence-corrected chi connectivity index (χ2v) is 7.60. The zero-order chi connectivity index (χ0) is 20.2. The van der Waals surface area contributed by atoms with E-state index in [4.69, 9.17) is 9.47 Å². The van der Waals surface area contributed by atoms with Gasteiger partial charge in [0, 0.05) is 17.7 Å². The van der Waals surface area contributed by atoms with Gasteiger partial charge < -0.3 is 14.8 Å². The predicted octanol–water partition coefficient (Wildman–Crippen LogP) is 2.95. The Morgan fingerprint density at radius 3 is 2.79 bits per heavy atom. The molecule has 0 saturated carbocycles. The van der Waals surface area contributed by atoms with Gasteiger partial charge in [0.05, 0.1) is 11.4 Å². The topological polar surface area (TPSA) is 82.5 Å². The molecule has 0 spiro atoms. The van der Waals surface area contributed by atoms with Crippen LogP contribution in [0.3, 0.4) is 0 Å². The van der Waals surface area contributed by atoms with Crippen molar-refractivity contribution < 1.29 is 14.3 Å². The van der Waals surface area contributed by atoms with Gasteiger partial charge in [-0.3, -0.25) is 9.59 Å². The molecule has 150 valence electrons. The van der Waals surface area contributed by atoms with Gasteiger partial charge in [-0.1, -0.05) is 13.0 Å². The third-order valence-electron chi connectivity index (χ3n) is 4.67. The maximum atomic E-state index is 12.7. The number of aromatic nitrogens is 2. The highest BCUT2D eigenvalue weighted by atomic mass is 32.1. The Hall–Kier alpha value is -3.13. The summed E-state index contributed by atoms with van der Waals surface area (Å²) in [5, 5.41) is 9.42. The first-order chi connectivity index (χ1) is 14.1. The van der Waals surface area contributed by atoms with E-state index in [2.05, 4.69) is 10.4 Å². The number of carbonyl (C=O) groups excluding carboxylic acids is 1. The molecule has 1 aliphatic rings. The number of nitrogens with zero attached hydrogens (tertiary/aromatic N) is 2. The number of carbonyl (C=O) groups is 1. The summed E-state index contributed by atoms with van der Waals surface area (Å²) in [6.45, 7) is 3.22. The summed E-state index contributed by atoms with van der Waals surface area (Å²) in [6.07, 6.45) is 0.660. The lowest BCUT2D eigenvalue weighted by Crippen LogP contribution is -2.40. The monoisotopic (exact) mass is 411 g/mol. The second-order valence-electron chi connectivity index (χ2n) is 6.65. The standard InChI is InChI=1S/C21H21N3O4S/c1-2-15(13-24-20(25)8-6-16(23-24)19-4-3-11-29-19)22-21(26)14-5-7-17-18(12-14)28-10-9-27-17/h3-8,11-12,15H,2,9-10,13H2,1H3,(H,22,26)/t15-/m1/s1. The molecule has 0 radical (unpaired) electrons. The fourth-order valence-electron chi connectivity index (χ4n) is 3.07. The van der Waals surface area contributed by atoms with E-state index >= 15 is 0 Å². The molecule has 1 N–H and O–H groups in total. The van der Waals surface area contributed by atoms with Crippen molar-refractivity contribution >= 4 is 17.2 Å². The summed E-state index contributed by atoms with van der Waals surface area (Å²) in [5.41, 5.74) is 1.03. The Morgan fingerprint density at radius 2 is 2.03 bits per heavy atom. The molecular formula is C21H21N3O4S. The van der Waals surface area contributed by atoms with Crippen LogP contribution in [-0.4, -0.2) is 34.9 Å². The molecule has 0 bridgehead atoms. The molecule has 0 fully saturated rings. The SMILES string of the molecule is CC[C@H](Cn1nc(-c2cccs2)ccc1=O)NC(=O)c1ccc2c(c1)OCCO2. The molecule has 0 saturated heterocycles. The maximum absolute atomic E-state index is 12.7. The summed E-state index contributed by atoms with van der Waals surface area (Å²) in [7, 11) is 0. The van der Waals surface area contributed by atoms with Crippen molar-refractivity contribution in [2.75, 3.05) is 13.2 Å². The van der Waals surface area contributed by atoms with Crippen LogP contribution in [0, 0.1) is 0 Å². The van der Waals surface area contributed by atoms with E-state index in [0.717, 1.165) is 10.6 Å². The lowest BCUT2D eigenvalue weighted by Gasteiger charge is -2.20. The van der Waals surface area contributed by atoms with Crippen molar-refractivity contribution in [1.29, 1.82) is 0 Å². The lowest BCUT2D eigenvalue weighted by molar-refractivity contribution is 0.0929. The van der Waals surface area contributed by atoms with Crippen molar-refractivity contribution in [1.82, 2.24) is 15.1 Å². The molecule has 1 atom stereocenters. The van der Waals surface area contributed by atoms with Gasteiger partial charge in [-0.05, 0) is 42.1 Å². The third-order valence-corrected chi connectivity index (χ3v) is 5.56. The van der Waals surface area contributed by atoms with Crippen LogP contribution in [-0.2, 0) is 6.54 Å². The number of fused-ring (bicyclic) bond motifs is 1. The number of thiophene rings is 1. The summed E-state index contributed by atoms with van der Waals surface area (Å²) < 4.78 is 12.4. The van der Waals surface area contributed by atoms with Crippen LogP contribution in [0.5, 0.6) is 11.5 Å². The largest absolute Gasteiger partial charge is 0.486 e. The van der Waals surface area contributed by atoms with E-state index < -0.39 is 0 Å². The predicted molar refractivity (Wildman–Crippen MR) is 111 cm³/mol. The van der Waals surface area contributed by atoms with Crippen LogP contribution in [0.2, 0.25) is 0 Å². The van der Waals surface area contributed by atoms with E-state index in [1.165, 1.54) is 10.7 Å². The Kier molecular flexibility index (Phi) is 5.62. The Bertz CT molecular complexity index is 1060.